The molecule has 9 heteroatoms. The van der Waals surface area contributed by atoms with Crippen LogP contribution in [0.3, 0.4) is 0 Å². The summed E-state index contributed by atoms with van der Waals surface area (Å²) in [6.45, 7) is 3.45. The fourth-order valence-electron chi connectivity index (χ4n) is 4.90. The topological polar surface area (TPSA) is 59.1 Å². The highest BCUT2D eigenvalue weighted by molar-refractivity contribution is 7.89. The smallest absolute Gasteiger partial charge is 0.243 e. The van der Waals surface area contributed by atoms with Gasteiger partial charge in [0.2, 0.25) is 10.0 Å². The molecule has 3 heterocycles. The lowest BCUT2D eigenvalue weighted by Gasteiger charge is -2.41. The number of halogens is 2. The maximum atomic E-state index is 14.9. The Hall–Kier alpha value is -2.07. The highest BCUT2D eigenvalue weighted by Crippen LogP contribution is 2.32. The highest BCUT2D eigenvalue weighted by Gasteiger charge is 2.36. The Morgan fingerprint density at radius 3 is 2.48 bits per heavy atom. The molecule has 3 aliphatic rings. The molecule has 0 saturated carbocycles. The van der Waals surface area contributed by atoms with Crippen LogP contribution in [-0.2, 0) is 25.9 Å². The first kappa shape index (κ1) is 22.7. The van der Waals surface area contributed by atoms with Crippen LogP contribution >= 0.6 is 0 Å². The van der Waals surface area contributed by atoms with Crippen LogP contribution < -0.4 is 4.90 Å². The molecule has 2 atom stereocenters. The van der Waals surface area contributed by atoms with Crippen molar-refractivity contribution in [2.75, 3.05) is 50.9 Å². The summed E-state index contributed by atoms with van der Waals surface area (Å²) in [4.78, 5) is 1.88. The van der Waals surface area contributed by atoms with Crippen LogP contribution in [0.1, 0.15) is 12.0 Å². The second-order valence-corrected chi connectivity index (χ2v) is 11.0. The number of benzene rings is 2. The van der Waals surface area contributed by atoms with Crippen LogP contribution in [0.2, 0.25) is 0 Å². The van der Waals surface area contributed by atoms with Gasteiger partial charge >= 0.3 is 0 Å². The Balaban J connectivity index is 1.22. The van der Waals surface area contributed by atoms with Crippen molar-refractivity contribution in [2.45, 2.75) is 23.8 Å². The zero-order valence-corrected chi connectivity index (χ0v) is 19.1. The molecule has 0 spiro atoms. The Labute approximate surface area is 193 Å². The van der Waals surface area contributed by atoms with Gasteiger partial charge in [0.1, 0.15) is 11.6 Å². The molecule has 6 nitrogen and oxygen atoms in total. The lowest BCUT2D eigenvalue weighted by molar-refractivity contribution is -0.0360. The van der Waals surface area contributed by atoms with E-state index in [0.29, 0.717) is 44.5 Å². The maximum absolute atomic E-state index is 14.9. The number of rotatable bonds is 6. The minimum Gasteiger partial charge on any atom is -0.381 e. The van der Waals surface area contributed by atoms with E-state index >= 15 is 0 Å². The van der Waals surface area contributed by atoms with Gasteiger partial charge in [0.25, 0.3) is 0 Å². The first-order valence-corrected chi connectivity index (χ1v) is 12.8. The van der Waals surface area contributed by atoms with Crippen molar-refractivity contribution in [1.82, 2.24) is 4.31 Å². The minimum absolute atomic E-state index is 0.0320. The average molecular weight is 479 g/mol. The van der Waals surface area contributed by atoms with E-state index in [9.17, 15) is 17.2 Å². The van der Waals surface area contributed by atoms with Crippen molar-refractivity contribution in [1.29, 1.82) is 0 Å². The van der Waals surface area contributed by atoms with Crippen molar-refractivity contribution in [3.8, 4) is 0 Å². The summed E-state index contributed by atoms with van der Waals surface area (Å²) < 4.78 is 67.0. The number of ether oxygens (including phenoxy) is 2. The predicted octanol–water partition coefficient (Wildman–Crippen LogP) is 3.07. The number of hydrogen-bond donors (Lipinski definition) is 0. The van der Waals surface area contributed by atoms with Gasteiger partial charge < -0.3 is 14.4 Å². The molecule has 2 aromatic carbocycles. The molecule has 5 rings (SSSR count). The molecular formula is C24H28F2N2O4S. The minimum atomic E-state index is -3.81. The van der Waals surface area contributed by atoms with E-state index in [2.05, 4.69) is 0 Å². The molecule has 3 saturated heterocycles. The van der Waals surface area contributed by atoms with Gasteiger partial charge in [-0.25, -0.2) is 17.2 Å². The molecule has 33 heavy (non-hydrogen) atoms. The Bertz CT molecular complexity index is 1080. The van der Waals surface area contributed by atoms with E-state index < -0.39 is 15.8 Å². The molecule has 2 unspecified atom stereocenters. The van der Waals surface area contributed by atoms with Gasteiger partial charge in [-0.2, -0.15) is 4.31 Å². The second kappa shape index (κ2) is 9.29. The number of anilines is 1. The normalized spacial score (nSPS) is 24.7. The van der Waals surface area contributed by atoms with E-state index in [1.54, 1.807) is 18.2 Å². The van der Waals surface area contributed by atoms with E-state index in [0.717, 1.165) is 24.5 Å². The third-order valence-electron chi connectivity index (χ3n) is 6.84. The van der Waals surface area contributed by atoms with Gasteiger partial charge in [-0.15, -0.1) is 0 Å². The fraction of sp³-hybridized carbons (Fsp3) is 0.500. The summed E-state index contributed by atoms with van der Waals surface area (Å²) in [6, 6.07) is 10.6. The van der Waals surface area contributed by atoms with Gasteiger partial charge in [-0.3, -0.25) is 0 Å². The highest BCUT2D eigenvalue weighted by atomic mass is 32.2. The summed E-state index contributed by atoms with van der Waals surface area (Å²) in [5.74, 6) is -0.254. The molecule has 178 valence electrons. The number of hydrogen-bond acceptors (Lipinski definition) is 5. The monoisotopic (exact) mass is 478 g/mol. The lowest BCUT2D eigenvalue weighted by atomic mass is 9.91. The first-order valence-electron chi connectivity index (χ1n) is 11.4. The van der Waals surface area contributed by atoms with Gasteiger partial charge in [-0.05, 0) is 54.7 Å². The molecule has 3 aliphatic heterocycles. The van der Waals surface area contributed by atoms with Crippen LogP contribution in [0.15, 0.2) is 47.4 Å². The van der Waals surface area contributed by atoms with Crippen molar-refractivity contribution in [3.05, 3.63) is 59.7 Å². The molecule has 2 aromatic rings. The van der Waals surface area contributed by atoms with Crippen LogP contribution in [0.4, 0.5) is 14.5 Å². The largest absolute Gasteiger partial charge is 0.381 e. The summed E-state index contributed by atoms with van der Waals surface area (Å²) in [6.07, 6.45) is 1.47. The van der Waals surface area contributed by atoms with Gasteiger partial charge in [0.05, 0.1) is 29.9 Å². The Morgan fingerprint density at radius 1 is 1.00 bits per heavy atom. The van der Waals surface area contributed by atoms with E-state index in [1.807, 2.05) is 4.90 Å². The van der Waals surface area contributed by atoms with Crippen molar-refractivity contribution < 1.29 is 26.7 Å². The van der Waals surface area contributed by atoms with Crippen LogP contribution in [0, 0.1) is 23.5 Å². The standard InChI is InChI=1S/C24H28F2N2O4S/c25-20-3-1-17(2-4-20)11-18-13-27(14-18)23-6-5-21(12-22(23)26)33(29,30)28-8-10-32-24(15-28)19-7-9-31-16-19/h1-6,12,18-19,24H,7-11,13-16H2. The van der Waals surface area contributed by atoms with Gasteiger partial charge in [0.15, 0.2) is 0 Å². The molecule has 0 radical (unpaired) electrons. The number of sulfonamides is 1. The predicted molar refractivity (Wildman–Crippen MR) is 120 cm³/mol. The second-order valence-electron chi connectivity index (χ2n) is 9.11. The molecule has 3 fully saturated rings. The summed E-state index contributed by atoms with van der Waals surface area (Å²) in [5.41, 5.74) is 1.46. The maximum Gasteiger partial charge on any atom is 0.243 e. The summed E-state index contributed by atoms with van der Waals surface area (Å²) in [5, 5.41) is 0. The molecular weight excluding hydrogens is 450 g/mol. The van der Waals surface area contributed by atoms with E-state index in [4.69, 9.17) is 9.47 Å². The third-order valence-corrected chi connectivity index (χ3v) is 8.70. The third kappa shape index (κ3) is 4.77. The fourth-order valence-corrected chi connectivity index (χ4v) is 6.35. The van der Waals surface area contributed by atoms with E-state index in [-0.39, 0.29) is 35.8 Å². The van der Waals surface area contributed by atoms with Gasteiger partial charge in [-0.1, -0.05) is 12.1 Å². The molecule has 0 bridgehead atoms. The SMILES string of the molecule is O=S(=O)(c1ccc(N2CC(Cc3ccc(F)cc3)C2)c(F)c1)N1CCOC(C2CCOC2)C1. The van der Waals surface area contributed by atoms with Crippen molar-refractivity contribution in [2.24, 2.45) is 11.8 Å². The van der Waals surface area contributed by atoms with Crippen LogP contribution in [0.25, 0.3) is 0 Å². The average Bonchev–Trinajstić information content (AvgIpc) is 3.33. The van der Waals surface area contributed by atoms with Crippen LogP contribution in [-0.4, -0.2) is 64.8 Å². The Morgan fingerprint density at radius 2 is 1.79 bits per heavy atom. The van der Waals surface area contributed by atoms with Crippen LogP contribution in [0.5, 0.6) is 0 Å². The van der Waals surface area contributed by atoms with E-state index in [1.165, 1.54) is 22.5 Å². The number of nitrogens with zero attached hydrogens (tertiary/aromatic N) is 2. The van der Waals surface area contributed by atoms with Crippen molar-refractivity contribution in [3.63, 3.8) is 0 Å². The first-order chi connectivity index (χ1) is 15.9. The van der Waals surface area contributed by atoms with Gasteiger partial charge in [0, 0.05) is 38.7 Å². The lowest BCUT2D eigenvalue weighted by Crippen LogP contribution is -2.48. The molecule has 0 N–H and O–H groups in total. The summed E-state index contributed by atoms with van der Waals surface area (Å²) >= 11 is 0. The zero-order valence-electron chi connectivity index (χ0n) is 18.3. The molecule has 0 aromatic heterocycles. The summed E-state index contributed by atoms with van der Waals surface area (Å²) in [7, 11) is -3.81. The zero-order chi connectivity index (χ0) is 23.0. The molecule has 0 aliphatic carbocycles. The quantitative estimate of drug-likeness (QED) is 0.639. The van der Waals surface area contributed by atoms with Crippen molar-refractivity contribution >= 4 is 15.7 Å². The Kier molecular flexibility index (Phi) is 6.39. The molecule has 0 amide bonds. The number of morpholine rings is 1.